The first-order valence-electron chi connectivity index (χ1n) is 7.92. The molecule has 1 aromatic carbocycles. The maximum atomic E-state index is 12.5. The van der Waals surface area contributed by atoms with E-state index in [2.05, 4.69) is 5.32 Å². The number of nitrogens with zero attached hydrogens (tertiary/aromatic N) is 2. The fraction of sp³-hybridized carbons (Fsp3) is 0.562. The van der Waals surface area contributed by atoms with Crippen molar-refractivity contribution < 1.29 is 13.2 Å². The van der Waals surface area contributed by atoms with Gasteiger partial charge in [0.2, 0.25) is 5.91 Å². The topological polar surface area (TPSA) is 69.7 Å². The lowest BCUT2D eigenvalue weighted by atomic mass is 9.98. The van der Waals surface area contributed by atoms with Crippen molar-refractivity contribution >= 4 is 21.8 Å². The van der Waals surface area contributed by atoms with Crippen LogP contribution in [0, 0.1) is 5.92 Å². The number of nitrogens with one attached hydrogen (secondary N) is 1. The molecular weight excluding hydrogens is 314 g/mol. The van der Waals surface area contributed by atoms with Gasteiger partial charge in [-0.15, -0.1) is 0 Å². The number of carbonyl (C=O) groups excluding carboxylic acids is 1. The van der Waals surface area contributed by atoms with Crippen LogP contribution in [0.3, 0.4) is 0 Å². The molecule has 7 heteroatoms. The largest absolute Gasteiger partial charge is 0.326 e. The molecule has 1 aromatic rings. The molecular formula is C16H25N3O3S. The van der Waals surface area contributed by atoms with Gasteiger partial charge in [-0.05, 0) is 30.9 Å². The first kappa shape index (κ1) is 17.9. The maximum absolute atomic E-state index is 12.5. The fourth-order valence-electron chi connectivity index (χ4n) is 2.78. The summed E-state index contributed by atoms with van der Waals surface area (Å²) >= 11 is 0. The average molecular weight is 339 g/mol. The summed E-state index contributed by atoms with van der Waals surface area (Å²) in [5.74, 6) is -0.423. The monoisotopic (exact) mass is 339 g/mol. The van der Waals surface area contributed by atoms with Gasteiger partial charge < -0.3 is 5.32 Å². The highest BCUT2D eigenvalue weighted by Crippen LogP contribution is 2.23. The first-order valence-corrected chi connectivity index (χ1v) is 9.32. The molecule has 128 valence electrons. The van der Waals surface area contributed by atoms with Crippen LogP contribution in [0.2, 0.25) is 0 Å². The minimum atomic E-state index is -3.47. The van der Waals surface area contributed by atoms with Gasteiger partial charge in [0.05, 0.1) is 5.92 Å². The Labute approximate surface area is 138 Å². The molecule has 0 radical (unpaired) electrons. The van der Waals surface area contributed by atoms with E-state index < -0.39 is 10.2 Å². The molecule has 1 saturated heterocycles. The van der Waals surface area contributed by atoms with Gasteiger partial charge in [0.25, 0.3) is 10.2 Å². The van der Waals surface area contributed by atoms with Crippen molar-refractivity contribution in [3.05, 3.63) is 29.8 Å². The van der Waals surface area contributed by atoms with Crippen LogP contribution < -0.4 is 5.32 Å². The van der Waals surface area contributed by atoms with Crippen molar-refractivity contribution in [3.63, 3.8) is 0 Å². The summed E-state index contributed by atoms with van der Waals surface area (Å²) in [5, 5.41) is 2.96. The highest BCUT2D eigenvalue weighted by atomic mass is 32.2. The predicted octanol–water partition coefficient (Wildman–Crippen LogP) is 1.71. The Bertz CT molecular complexity index is 658. The van der Waals surface area contributed by atoms with E-state index in [9.17, 15) is 13.2 Å². The molecule has 1 fully saturated rings. The molecule has 23 heavy (non-hydrogen) atoms. The quantitative estimate of drug-likeness (QED) is 0.888. The first-order chi connectivity index (χ1) is 10.9. The second kappa shape index (κ2) is 7.42. The number of rotatable bonds is 5. The van der Waals surface area contributed by atoms with Gasteiger partial charge in [0.1, 0.15) is 0 Å². The van der Waals surface area contributed by atoms with E-state index in [1.165, 1.54) is 22.7 Å². The third-order valence-electron chi connectivity index (χ3n) is 4.20. The zero-order valence-corrected chi connectivity index (χ0v) is 14.8. The maximum Gasteiger partial charge on any atom is 0.281 e. The van der Waals surface area contributed by atoms with Crippen LogP contribution in [0.5, 0.6) is 0 Å². The van der Waals surface area contributed by atoms with Gasteiger partial charge >= 0.3 is 0 Å². The van der Waals surface area contributed by atoms with E-state index >= 15 is 0 Å². The minimum absolute atomic E-state index is 0.107. The van der Waals surface area contributed by atoms with Gasteiger partial charge in [-0.2, -0.15) is 17.0 Å². The summed E-state index contributed by atoms with van der Waals surface area (Å²) in [6.45, 7) is 2.74. The Balaban J connectivity index is 2.08. The Morgan fingerprint density at radius 1 is 1.35 bits per heavy atom. The van der Waals surface area contributed by atoms with E-state index in [0.29, 0.717) is 19.4 Å². The standard InChI is InChI=1S/C16H25N3O3S/c1-4-13-8-5-6-10-15(13)17-16(20)14-9-7-11-19(12-14)23(21,22)18(2)3/h5-6,8,10,14H,4,7,9,11-12H2,1-3H3,(H,17,20)/t14-/m1/s1. The Morgan fingerprint density at radius 2 is 2.04 bits per heavy atom. The van der Waals surface area contributed by atoms with Crippen molar-refractivity contribution in [1.29, 1.82) is 0 Å². The second-order valence-corrected chi connectivity index (χ2v) is 8.13. The molecule has 0 aromatic heterocycles. The molecule has 6 nitrogen and oxygen atoms in total. The Morgan fingerprint density at radius 3 is 2.70 bits per heavy atom. The minimum Gasteiger partial charge on any atom is -0.326 e. The lowest BCUT2D eigenvalue weighted by Gasteiger charge is -2.32. The molecule has 1 aliphatic heterocycles. The number of aryl methyl sites for hydroxylation is 1. The zero-order valence-electron chi connectivity index (χ0n) is 13.9. The second-order valence-electron chi connectivity index (χ2n) is 5.99. The molecule has 1 heterocycles. The van der Waals surface area contributed by atoms with Crippen LogP contribution in [0.25, 0.3) is 0 Å². The molecule has 2 rings (SSSR count). The smallest absolute Gasteiger partial charge is 0.281 e. The van der Waals surface area contributed by atoms with E-state index in [1.54, 1.807) is 0 Å². The molecule has 0 spiro atoms. The normalized spacial score (nSPS) is 19.7. The highest BCUT2D eigenvalue weighted by molar-refractivity contribution is 7.86. The van der Waals surface area contributed by atoms with Gasteiger partial charge in [0.15, 0.2) is 0 Å². The van der Waals surface area contributed by atoms with Crippen LogP contribution in [-0.2, 0) is 21.4 Å². The van der Waals surface area contributed by atoms with Crippen LogP contribution >= 0.6 is 0 Å². The number of anilines is 1. The summed E-state index contributed by atoms with van der Waals surface area (Å²) in [4.78, 5) is 12.5. The lowest BCUT2D eigenvalue weighted by Crippen LogP contribution is -2.47. The third kappa shape index (κ3) is 4.10. The van der Waals surface area contributed by atoms with Crippen molar-refractivity contribution in [2.45, 2.75) is 26.2 Å². The van der Waals surface area contributed by atoms with Crippen LogP contribution in [0.4, 0.5) is 5.69 Å². The molecule has 1 aliphatic rings. The van der Waals surface area contributed by atoms with E-state index in [0.717, 1.165) is 17.7 Å². The number of para-hydroxylation sites is 1. The Kier molecular flexibility index (Phi) is 5.78. The van der Waals surface area contributed by atoms with Crippen molar-refractivity contribution in [3.8, 4) is 0 Å². The summed E-state index contributed by atoms with van der Waals surface area (Å²) < 4.78 is 27.1. The SMILES string of the molecule is CCc1ccccc1NC(=O)[C@@H]1CCCN(S(=O)(=O)N(C)C)C1. The van der Waals surface area contributed by atoms with Crippen molar-refractivity contribution in [1.82, 2.24) is 8.61 Å². The van der Waals surface area contributed by atoms with Crippen molar-refractivity contribution in [2.24, 2.45) is 5.92 Å². The van der Waals surface area contributed by atoms with E-state index in [1.807, 2.05) is 31.2 Å². The highest BCUT2D eigenvalue weighted by Gasteiger charge is 2.33. The molecule has 0 saturated carbocycles. The molecule has 0 unspecified atom stereocenters. The predicted molar refractivity (Wildman–Crippen MR) is 91.4 cm³/mol. The fourth-order valence-corrected chi connectivity index (χ4v) is 3.97. The number of piperidine rings is 1. The van der Waals surface area contributed by atoms with Gasteiger partial charge in [-0.3, -0.25) is 4.79 Å². The average Bonchev–Trinajstić information content (AvgIpc) is 2.55. The summed E-state index contributed by atoms with van der Waals surface area (Å²) in [6.07, 6.45) is 2.24. The number of amides is 1. The third-order valence-corrected chi connectivity index (χ3v) is 6.11. The number of hydrogen-bond acceptors (Lipinski definition) is 3. The summed E-state index contributed by atoms with van der Waals surface area (Å²) in [6, 6.07) is 7.70. The van der Waals surface area contributed by atoms with Crippen LogP contribution in [0.15, 0.2) is 24.3 Å². The summed E-state index contributed by atoms with van der Waals surface area (Å²) in [7, 11) is -0.445. The molecule has 1 amide bonds. The van der Waals surface area contributed by atoms with Gasteiger partial charge in [-0.25, -0.2) is 0 Å². The van der Waals surface area contributed by atoms with Crippen LogP contribution in [-0.4, -0.2) is 50.1 Å². The van der Waals surface area contributed by atoms with E-state index in [4.69, 9.17) is 0 Å². The number of benzene rings is 1. The van der Waals surface area contributed by atoms with Gasteiger partial charge in [0, 0.05) is 32.9 Å². The molecule has 0 aliphatic carbocycles. The molecule has 1 N–H and O–H groups in total. The number of hydrogen-bond donors (Lipinski definition) is 1. The zero-order chi connectivity index (χ0) is 17.0. The van der Waals surface area contributed by atoms with Crippen molar-refractivity contribution in [2.75, 3.05) is 32.5 Å². The lowest BCUT2D eigenvalue weighted by molar-refractivity contribution is -0.120. The molecule has 1 atom stereocenters. The molecule has 0 bridgehead atoms. The Hall–Kier alpha value is -1.44. The summed E-state index contributed by atoms with van der Waals surface area (Å²) in [5.41, 5.74) is 1.89. The van der Waals surface area contributed by atoms with E-state index in [-0.39, 0.29) is 18.4 Å². The van der Waals surface area contributed by atoms with Crippen LogP contribution in [0.1, 0.15) is 25.3 Å². The van der Waals surface area contributed by atoms with Gasteiger partial charge in [-0.1, -0.05) is 25.1 Å². The number of carbonyl (C=O) groups is 1.